The van der Waals surface area contributed by atoms with Gasteiger partial charge in [0.15, 0.2) is 17.5 Å². The summed E-state index contributed by atoms with van der Waals surface area (Å²) in [5.41, 5.74) is -5.44. The minimum Gasteiger partial charge on any atom is -0.456 e. The normalized spacial score (nSPS) is 32.9. The van der Waals surface area contributed by atoms with Gasteiger partial charge >= 0.3 is 18.0 Å². The fraction of sp³-hybridized carbons (Fsp3) is 0.581. The number of benzene rings is 2. The number of hydrogen-bond acceptors (Lipinski definition) is 13. The maximum absolute atomic E-state index is 14.7. The number of ketones is 1. The lowest BCUT2D eigenvalue weighted by Crippen LogP contribution is -2.77. The summed E-state index contributed by atoms with van der Waals surface area (Å²) in [4.78, 5) is 55.2. The molecule has 14 nitrogen and oxygen atoms in total. The van der Waals surface area contributed by atoms with Crippen LogP contribution in [0.25, 0.3) is 0 Å². The summed E-state index contributed by atoms with van der Waals surface area (Å²) < 4.78 is 23.5. The third-order valence-electron chi connectivity index (χ3n) is 12.9. The van der Waals surface area contributed by atoms with Gasteiger partial charge in [-0.05, 0) is 68.9 Å². The van der Waals surface area contributed by atoms with Crippen LogP contribution in [0, 0.1) is 16.7 Å². The van der Waals surface area contributed by atoms with Crippen LogP contribution in [-0.2, 0) is 46.4 Å². The van der Waals surface area contributed by atoms with Crippen LogP contribution in [0.5, 0.6) is 0 Å². The van der Waals surface area contributed by atoms with Gasteiger partial charge in [-0.2, -0.15) is 0 Å². The first-order valence-electron chi connectivity index (χ1n) is 19.4. The standard InChI is InChI=1S/C43H55NO13/c1-23-27(55-37(51)35(49)33(24-13-9-8-10-14-24)44-38(52)57-39(2,3)4)19-42(53)20-28-41(7,36(50)34(48)32(23)40(42,5)6)29(46)18-30-43(28,22-54-30)56-31(47)17-25-15-11-12-16-26(25)21-45/h8-16,27-30,33-35,45-46,48-49,53H,17-22H2,1-7H3,(H,44,52)/t27-,28?,29-,30+,33-,34+,35+,41-,42+,43+/m0/s1. The lowest BCUT2D eigenvalue weighted by atomic mass is 9.46. The number of rotatable bonds is 9. The van der Waals surface area contributed by atoms with E-state index in [2.05, 4.69) is 5.32 Å². The van der Waals surface area contributed by atoms with Gasteiger partial charge < -0.3 is 49.8 Å². The van der Waals surface area contributed by atoms with E-state index in [0.29, 0.717) is 16.7 Å². The Kier molecular flexibility index (Phi) is 11.3. The predicted molar refractivity (Wildman–Crippen MR) is 203 cm³/mol. The molecule has 10 atom stereocenters. The van der Waals surface area contributed by atoms with Gasteiger partial charge in [0.1, 0.15) is 23.9 Å². The Hall–Kier alpha value is -4.18. The highest BCUT2D eigenvalue weighted by Gasteiger charge is 2.73. The molecule has 310 valence electrons. The number of Topliss-reactive ketones (excluding diaryl/α,β-unsaturated/α-hetero) is 1. The quantitative estimate of drug-likeness (QED) is 0.122. The fourth-order valence-electron chi connectivity index (χ4n) is 9.53. The Morgan fingerprint density at radius 1 is 0.982 bits per heavy atom. The van der Waals surface area contributed by atoms with Gasteiger partial charge in [-0.25, -0.2) is 9.59 Å². The van der Waals surface area contributed by atoms with Crippen molar-refractivity contribution >= 4 is 23.8 Å². The van der Waals surface area contributed by atoms with Crippen LogP contribution in [0.3, 0.4) is 0 Å². The van der Waals surface area contributed by atoms with E-state index < -0.39 is 93.9 Å². The molecule has 3 fully saturated rings. The van der Waals surface area contributed by atoms with Crippen LogP contribution >= 0.6 is 0 Å². The number of amides is 1. The molecule has 3 aliphatic carbocycles. The molecule has 2 aromatic rings. The van der Waals surface area contributed by atoms with Gasteiger partial charge in [0.05, 0.1) is 42.8 Å². The number of alkyl carbamates (subject to hydrolysis) is 1. The second-order valence-electron chi connectivity index (χ2n) is 17.8. The van der Waals surface area contributed by atoms with Crippen LogP contribution in [0.2, 0.25) is 0 Å². The van der Waals surface area contributed by atoms with Gasteiger partial charge in [0.25, 0.3) is 0 Å². The number of fused-ring (bicyclic) bond motifs is 5. The van der Waals surface area contributed by atoms with E-state index >= 15 is 0 Å². The van der Waals surface area contributed by atoms with Crippen molar-refractivity contribution in [2.45, 2.75) is 134 Å². The molecule has 2 aromatic carbocycles. The highest BCUT2D eigenvalue weighted by molar-refractivity contribution is 5.93. The van der Waals surface area contributed by atoms with Crippen molar-refractivity contribution in [2.24, 2.45) is 16.7 Å². The van der Waals surface area contributed by atoms with Crippen LogP contribution < -0.4 is 5.32 Å². The van der Waals surface area contributed by atoms with Crippen molar-refractivity contribution in [1.82, 2.24) is 5.32 Å². The molecule has 1 unspecified atom stereocenters. The van der Waals surface area contributed by atoms with Crippen molar-refractivity contribution in [3.05, 3.63) is 82.4 Å². The molecule has 2 saturated carbocycles. The Bertz CT molecular complexity index is 1920. The van der Waals surface area contributed by atoms with Crippen molar-refractivity contribution in [3.8, 4) is 0 Å². The minimum atomic E-state index is -1.96. The lowest BCUT2D eigenvalue weighted by Gasteiger charge is -2.65. The Morgan fingerprint density at radius 3 is 2.21 bits per heavy atom. The number of esters is 2. The first-order chi connectivity index (χ1) is 26.6. The Balaban J connectivity index is 1.35. The van der Waals surface area contributed by atoms with E-state index in [4.69, 9.17) is 18.9 Å². The minimum absolute atomic E-state index is 0.0795. The zero-order valence-electron chi connectivity index (χ0n) is 33.5. The zero-order chi connectivity index (χ0) is 41.9. The predicted octanol–water partition coefficient (Wildman–Crippen LogP) is 3.14. The third kappa shape index (κ3) is 7.40. The number of carbonyl (C=O) groups excluding carboxylic acids is 4. The molecule has 1 amide bonds. The third-order valence-corrected chi connectivity index (χ3v) is 12.9. The molecule has 0 aromatic heterocycles. The Labute approximate surface area is 332 Å². The molecule has 0 radical (unpaired) electrons. The molecule has 6 N–H and O–H groups in total. The average Bonchev–Trinajstić information content (AvgIpc) is 3.14. The smallest absolute Gasteiger partial charge is 0.408 e. The van der Waals surface area contributed by atoms with E-state index in [9.17, 15) is 44.7 Å². The van der Waals surface area contributed by atoms with Gasteiger partial charge in [0, 0.05) is 24.2 Å². The summed E-state index contributed by atoms with van der Waals surface area (Å²) in [5.74, 6) is -3.66. The topological polar surface area (TPSA) is 218 Å². The zero-order valence-corrected chi connectivity index (χ0v) is 33.5. The van der Waals surface area contributed by atoms with Crippen molar-refractivity contribution in [1.29, 1.82) is 0 Å². The number of aliphatic hydroxyl groups is 5. The van der Waals surface area contributed by atoms with E-state index in [1.54, 1.807) is 96.1 Å². The first kappa shape index (κ1) is 42.4. The molecule has 1 aliphatic heterocycles. The maximum atomic E-state index is 14.7. The van der Waals surface area contributed by atoms with Crippen LogP contribution in [0.15, 0.2) is 65.7 Å². The molecule has 1 heterocycles. The number of carbonyl (C=O) groups is 4. The van der Waals surface area contributed by atoms with E-state index in [1.165, 1.54) is 6.92 Å². The molecule has 6 rings (SSSR count). The van der Waals surface area contributed by atoms with E-state index in [0.717, 1.165) is 0 Å². The number of hydrogen-bond donors (Lipinski definition) is 6. The van der Waals surface area contributed by atoms with Crippen LogP contribution in [0.4, 0.5) is 4.79 Å². The molecular formula is C43H55NO13. The SMILES string of the molecule is CC1=C2[C@@H](O)C(=O)[C@@]3(C)C(C[C@](O)(C[C@@H]1OC(=O)[C@H](O)[C@@H](NC(=O)OC(C)(C)C)c1ccccc1)C2(C)C)[C@]1(OC(=O)Cc2ccccc2CO)CO[C@@H]1C[C@@H]3O. The Morgan fingerprint density at radius 2 is 1.61 bits per heavy atom. The van der Waals surface area contributed by atoms with E-state index in [-0.39, 0.29) is 50.0 Å². The molecular weight excluding hydrogens is 738 g/mol. The van der Waals surface area contributed by atoms with Crippen molar-refractivity contribution in [3.63, 3.8) is 0 Å². The summed E-state index contributed by atoms with van der Waals surface area (Å²) in [6.45, 7) is 11.0. The largest absolute Gasteiger partial charge is 0.456 e. The van der Waals surface area contributed by atoms with Gasteiger partial charge in [0.2, 0.25) is 0 Å². The van der Waals surface area contributed by atoms with Crippen molar-refractivity contribution < 1.29 is 63.7 Å². The highest BCUT2D eigenvalue weighted by atomic mass is 16.6. The highest BCUT2D eigenvalue weighted by Crippen LogP contribution is 2.63. The number of ether oxygens (including phenoxy) is 4. The van der Waals surface area contributed by atoms with Gasteiger partial charge in [-0.3, -0.25) is 9.59 Å². The monoisotopic (exact) mass is 793 g/mol. The molecule has 4 aliphatic rings. The molecule has 14 heteroatoms. The number of nitrogens with one attached hydrogen (secondary N) is 1. The maximum Gasteiger partial charge on any atom is 0.408 e. The lowest BCUT2D eigenvalue weighted by molar-refractivity contribution is -0.328. The average molecular weight is 794 g/mol. The first-order valence-corrected chi connectivity index (χ1v) is 19.4. The van der Waals surface area contributed by atoms with Gasteiger partial charge in [-0.1, -0.05) is 68.4 Å². The van der Waals surface area contributed by atoms with Gasteiger partial charge in [-0.15, -0.1) is 0 Å². The fourth-order valence-corrected chi connectivity index (χ4v) is 9.53. The second-order valence-corrected chi connectivity index (χ2v) is 17.8. The molecule has 1 saturated heterocycles. The summed E-state index contributed by atoms with van der Waals surface area (Å²) >= 11 is 0. The van der Waals surface area contributed by atoms with E-state index in [1.807, 2.05) is 0 Å². The second kappa shape index (κ2) is 15.2. The van der Waals surface area contributed by atoms with Crippen LogP contribution in [0.1, 0.15) is 90.5 Å². The summed E-state index contributed by atoms with van der Waals surface area (Å²) in [6, 6.07) is 13.8. The molecule has 0 spiro atoms. The number of aliphatic hydroxyl groups excluding tert-OH is 4. The molecule has 2 bridgehead atoms. The van der Waals surface area contributed by atoms with Crippen molar-refractivity contribution in [2.75, 3.05) is 6.61 Å². The van der Waals surface area contributed by atoms with Crippen LogP contribution in [-0.4, -0.2) is 103 Å². The summed E-state index contributed by atoms with van der Waals surface area (Å²) in [5, 5.41) is 60.6. The summed E-state index contributed by atoms with van der Waals surface area (Å²) in [7, 11) is 0. The molecule has 57 heavy (non-hydrogen) atoms. The summed E-state index contributed by atoms with van der Waals surface area (Å²) in [6.07, 6.45) is -8.96.